The highest BCUT2D eigenvalue weighted by atomic mass is 14.6. The summed E-state index contributed by atoms with van der Waals surface area (Å²) in [7, 11) is 0. The normalized spacial score (nSPS) is 12.3. The Morgan fingerprint density at radius 1 is 0.606 bits per heavy atom. The first-order chi connectivity index (χ1) is 15.8. The Balaban J connectivity index is 1.80. The van der Waals surface area contributed by atoms with Crippen molar-refractivity contribution in [2.24, 2.45) is 0 Å². The second-order valence-corrected chi connectivity index (χ2v) is 9.84. The van der Waals surface area contributed by atoms with Gasteiger partial charge < -0.3 is 11.5 Å². The molecule has 0 fully saturated rings. The third-order valence-corrected chi connectivity index (χ3v) is 7.00. The van der Waals surface area contributed by atoms with Crippen LogP contribution in [0.4, 0.5) is 11.4 Å². The number of nitrogens with two attached hydrogens (primary N) is 2. The van der Waals surface area contributed by atoms with Gasteiger partial charge in [-0.15, -0.1) is 0 Å². The zero-order valence-corrected chi connectivity index (χ0v) is 19.9. The van der Waals surface area contributed by atoms with E-state index in [-0.39, 0.29) is 0 Å². The molecular formula is C31H32N2. The van der Waals surface area contributed by atoms with Gasteiger partial charge in [0.2, 0.25) is 0 Å². The van der Waals surface area contributed by atoms with Crippen LogP contribution in [0.1, 0.15) is 61.8 Å². The molecule has 0 bridgehead atoms. The van der Waals surface area contributed by atoms with Crippen molar-refractivity contribution in [1.82, 2.24) is 0 Å². The topological polar surface area (TPSA) is 52.0 Å². The molecule has 0 heterocycles. The quantitative estimate of drug-likeness (QED) is 0.283. The molecule has 0 aromatic heterocycles. The standard InChI is InChI=1S/C31H32N2/c1-18(2)26-15-21(9-13-29(26)32)24-11-12-25-23-8-6-5-7-20(23)16-28(25)31(24)22-10-14-30(33)27(17-22)19(3)4/h5-15,17-19H,16,32-33H2,1-4H3. The van der Waals surface area contributed by atoms with E-state index in [1.807, 2.05) is 0 Å². The summed E-state index contributed by atoms with van der Waals surface area (Å²) in [6.45, 7) is 8.81. The van der Waals surface area contributed by atoms with Crippen molar-refractivity contribution in [1.29, 1.82) is 0 Å². The third kappa shape index (κ3) is 3.60. The molecule has 0 unspecified atom stereocenters. The highest BCUT2D eigenvalue weighted by Gasteiger charge is 2.25. The van der Waals surface area contributed by atoms with E-state index >= 15 is 0 Å². The van der Waals surface area contributed by atoms with Gasteiger partial charge in [-0.3, -0.25) is 0 Å². The van der Waals surface area contributed by atoms with Gasteiger partial charge in [-0.25, -0.2) is 0 Å². The number of rotatable bonds is 4. The molecule has 0 atom stereocenters. The molecule has 5 rings (SSSR count). The Morgan fingerprint density at radius 2 is 1.18 bits per heavy atom. The summed E-state index contributed by atoms with van der Waals surface area (Å²) in [5.74, 6) is 0.738. The minimum Gasteiger partial charge on any atom is -0.398 e. The van der Waals surface area contributed by atoms with Gasteiger partial charge in [0.05, 0.1) is 0 Å². The van der Waals surface area contributed by atoms with Crippen LogP contribution in [0.2, 0.25) is 0 Å². The molecule has 1 aliphatic carbocycles. The number of fused-ring (bicyclic) bond motifs is 3. The first kappa shape index (κ1) is 21.3. The molecule has 0 radical (unpaired) electrons. The molecule has 4 aromatic rings. The van der Waals surface area contributed by atoms with Crippen molar-refractivity contribution >= 4 is 11.4 Å². The Kier molecular flexibility index (Phi) is 5.25. The van der Waals surface area contributed by atoms with Crippen molar-refractivity contribution in [3.63, 3.8) is 0 Å². The molecule has 0 spiro atoms. The molecule has 0 saturated carbocycles. The van der Waals surface area contributed by atoms with E-state index in [4.69, 9.17) is 11.5 Å². The van der Waals surface area contributed by atoms with E-state index in [1.165, 1.54) is 55.6 Å². The smallest absolute Gasteiger partial charge is 0.0349 e. The predicted octanol–water partition coefficient (Wildman–Crippen LogP) is 8.00. The number of hydrogen-bond acceptors (Lipinski definition) is 2. The van der Waals surface area contributed by atoms with Gasteiger partial charge in [-0.05, 0) is 98.2 Å². The van der Waals surface area contributed by atoms with Gasteiger partial charge in [-0.1, -0.05) is 76.2 Å². The van der Waals surface area contributed by atoms with Crippen LogP contribution in [0.25, 0.3) is 33.4 Å². The molecule has 0 aliphatic heterocycles. The Bertz CT molecular complexity index is 1360. The fraction of sp³-hybridized carbons (Fsp3) is 0.226. The molecule has 2 heteroatoms. The van der Waals surface area contributed by atoms with Crippen molar-refractivity contribution in [3.05, 3.63) is 95.1 Å². The van der Waals surface area contributed by atoms with Crippen LogP contribution in [0.15, 0.2) is 72.8 Å². The second-order valence-electron chi connectivity index (χ2n) is 9.84. The summed E-state index contributed by atoms with van der Waals surface area (Å²) in [6.07, 6.45) is 0.947. The average Bonchev–Trinajstić information content (AvgIpc) is 3.17. The van der Waals surface area contributed by atoms with Crippen molar-refractivity contribution in [3.8, 4) is 33.4 Å². The molecule has 4 aromatic carbocycles. The number of anilines is 2. The van der Waals surface area contributed by atoms with E-state index in [1.54, 1.807) is 0 Å². The van der Waals surface area contributed by atoms with Gasteiger partial charge in [0, 0.05) is 11.4 Å². The van der Waals surface area contributed by atoms with Crippen LogP contribution in [-0.4, -0.2) is 0 Å². The zero-order valence-electron chi connectivity index (χ0n) is 19.9. The maximum absolute atomic E-state index is 6.36. The molecule has 4 N–H and O–H groups in total. The first-order valence-electron chi connectivity index (χ1n) is 11.9. The Hall–Kier alpha value is -3.52. The summed E-state index contributed by atoms with van der Waals surface area (Å²) in [6, 6.07) is 26.4. The van der Waals surface area contributed by atoms with E-state index in [0.29, 0.717) is 11.8 Å². The molecule has 0 saturated heterocycles. The molecule has 33 heavy (non-hydrogen) atoms. The fourth-order valence-corrected chi connectivity index (χ4v) is 5.25. The first-order valence-corrected chi connectivity index (χ1v) is 11.9. The summed E-state index contributed by atoms with van der Waals surface area (Å²) in [5, 5.41) is 0. The number of benzene rings is 4. The van der Waals surface area contributed by atoms with Crippen molar-refractivity contribution < 1.29 is 0 Å². The zero-order chi connectivity index (χ0) is 23.3. The van der Waals surface area contributed by atoms with Crippen LogP contribution in [-0.2, 0) is 6.42 Å². The lowest BCUT2D eigenvalue weighted by Gasteiger charge is -2.19. The van der Waals surface area contributed by atoms with Crippen molar-refractivity contribution in [2.45, 2.75) is 46.0 Å². The largest absolute Gasteiger partial charge is 0.398 e. The van der Waals surface area contributed by atoms with Crippen LogP contribution in [0.3, 0.4) is 0 Å². The van der Waals surface area contributed by atoms with E-state index < -0.39 is 0 Å². The Labute approximate surface area is 197 Å². The highest BCUT2D eigenvalue weighted by molar-refractivity contribution is 5.94. The maximum Gasteiger partial charge on any atom is 0.0349 e. The van der Waals surface area contributed by atoms with Crippen LogP contribution < -0.4 is 11.5 Å². The van der Waals surface area contributed by atoms with Gasteiger partial charge in [-0.2, -0.15) is 0 Å². The van der Waals surface area contributed by atoms with Gasteiger partial charge in [0.15, 0.2) is 0 Å². The van der Waals surface area contributed by atoms with Crippen LogP contribution in [0.5, 0.6) is 0 Å². The van der Waals surface area contributed by atoms with E-state index in [0.717, 1.165) is 17.8 Å². The number of nitrogen functional groups attached to an aromatic ring is 2. The van der Waals surface area contributed by atoms with Crippen LogP contribution >= 0.6 is 0 Å². The lowest BCUT2D eigenvalue weighted by Crippen LogP contribution is -2.00. The van der Waals surface area contributed by atoms with E-state index in [9.17, 15) is 0 Å². The highest BCUT2D eigenvalue weighted by Crippen LogP contribution is 2.47. The predicted molar refractivity (Wildman–Crippen MR) is 143 cm³/mol. The SMILES string of the molecule is CC(C)c1cc(-c2ccc3c(c2-c2ccc(N)c(C(C)C)c2)Cc2ccccc2-3)ccc1N. The van der Waals surface area contributed by atoms with Crippen molar-refractivity contribution in [2.75, 3.05) is 11.5 Å². The molecule has 166 valence electrons. The van der Waals surface area contributed by atoms with Gasteiger partial charge in [0.1, 0.15) is 0 Å². The van der Waals surface area contributed by atoms with Gasteiger partial charge in [0.25, 0.3) is 0 Å². The molecule has 2 nitrogen and oxygen atoms in total. The summed E-state index contributed by atoms with van der Waals surface area (Å²) >= 11 is 0. The summed E-state index contributed by atoms with van der Waals surface area (Å²) in [5.41, 5.74) is 27.3. The van der Waals surface area contributed by atoms with Crippen LogP contribution in [0, 0.1) is 0 Å². The monoisotopic (exact) mass is 432 g/mol. The van der Waals surface area contributed by atoms with E-state index in [2.05, 4.69) is 100 Å². The lowest BCUT2D eigenvalue weighted by molar-refractivity contribution is 0.870. The molecule has 1 aliphatic rings. The lowest BCUT2D eigenvalue weighted by atomic mass is 9.85. The Morgan fingerprint density at radius 3 is 1.85 bits per heavy atom. The average molecular weight is 433 g/mol. The fourth-order valence-electron chi connectivity index (χ4n) is 5.25. The summed E-state index contributed by atoms with van der Waals surface area (Å²) < 4.78 is 0. The van der Waals surface area contributed by atoms with Gasteiger partial charge >= 0.3 is 0 Å². The maximum atomic E-state index is 6.36. The third-order valence-electron chi connectivity index (χ3n) is 7.00. The minimum atomic E-state index is 0.367. The minimum absolute atomic E-state index is 0.367. The number of hydrogen-bond donors (Lipinski definition) is 2. The molecular weight excluding hydrogens is 400 g/mol. The summed E-state index contributed by atoms with van der Waals surface area (Å²) in [4.78, 5) is 0. The second kappa shape index (κ2) is 8.12. The molecule has 0 amide bonds.